The lowest BCUT2D eigenvalue weighted by Crippen LogP contribution is -2.07. The molecule has 6 heteroatoms. The van der Waals surface area contributed by atoms with Gasteiger partial charge in [-0.25, -0.2) is 15.0 Å². The Bertz CT molecular complexity index is 1230. The fourth-order valence-corrected chi connectivity index (χ4v) is 6.06. The van der Waals surface area contributed by atoms with E-state index in [0.717, 1.165) is 58.2 Å². The zero-order valence-electron chi connectivity index (χ0n) is 18.4. The first-order valence-electron chi connectivity index (χ1n) is 11.1. The minimum atomic E-state index is 0.613. The van der Waals surface area contributed by atoms with E-state index in [1.807, 2.05) is 6.26 Å². The van der Waals surface area contributed by atoms with Gasteiger partial charge in [-0.3, -0.25) is 0 Å². The van der Waals surface area contributed by atoms with Crippen LogP contribution < -0.4 is 5.32 Å². The Morgan fingerprint density at radius 1 is 1.06 bits per heavy atom. The summed E-state index contributed by atoms with van der Waals surface area (Å²) in [5.74, 6) is 1.56. The van der Waals surface area contributed by atoms with Gasteiger partial charge in [-0.15, -0.1) is 11.3 Å². The lowest BCUT2D eigenvalue weighted by molar-refractivity contribution is 0.632. The van der Waals surface area contributed by atoms with Gasteiger partial charge >= 0.3 is 0 Å². The molecule has 0 atom stereocenters. The molecule has 0 unspecified atom stereocenters. The van der Waals surface area contributed by atoms with Gasteiger partial charge in [-0.2, -0.15) is 0 Å². The summed E-state index contributed by atoms with van der Waals surface area (Å²) in [4.78, 5) is 16.1. The number of nitrogens with one attached hydrogen (secondary N) is 1. The molecule has 1 N–H and O–H groups in total. The summed E-state index contributed by atoms with van der Waals surface area (Å²) in [5.41, 5.74) is 6.71. The number of aryl methyl sites for hydroxylation is 1. The average Bonchev–Trinajstić information content (AvgIpc) is 3.38. The third-order valence-electron chi connectivity index (χ3n) is 5.93. The van der Waals surface area contributed by atoms with Gasteiger partial charge in [0.25, 0.3) is 0 Å². The Morgan fingerprint density at radius 2 is 1.87 bits per heavy atom. The van der Waals surface area contributed by atoms with Crippen molar-refractivity contribution in [3.8, 4) is 0 Å². The first-order valence-corrected chi connectivity index (χ1v) is 13.1. The Kier molecular flexibility index (Phi) is 5.85. The van der Waals surface area contributed by atoms with Crippen LogP contribution in [0.5, 0.6) is 0 Å². The van der Waals surface area contributed by atoms with E-state index in [1.54, 1.807) is 23.1 Å². The second-order valence-electron chi connectivity index (χ2n) is 8.65. The molecule has 5 rings (SSSR count). The number of thiophene rings is 1. The molecule has 1 aliphatic carbocycles. The van der Waals surface area contributed by atoms with Crippen molar-refractivity contribution in [2.24, 2.45) is 5.92 Å². The van der Waals surface area contributed by atoms with Crippen LogP contribution in [0.4, 0.5) is 5.82 Å². The van der Waals surface area contributed by atoms with Gasteiger partial charge in [0, 0.05) is 17.6 Å². The maximum Gasteiger partial charge on any atom is 0.189 e. The van der Waals surface area contributed by atoms with Crippen molar-refractivity contribution in [3.05, 3.63) is 52.7 Å². The topological polar surface area (TPSA) is 50.7 Å². The summed E-state index contributed by atoms with van der Waals surface area (Å²) in [7, 11) is 0. The lowest BCUT2D eigenvalue weighted by atomic mass is 9.99. The van der Waals surface area contributed by atoms with Crippen LogP contribution in [-0.2, 0) is 25.7 Å². The number of anilines is 1. The zero-order chi connectivity index (χ0) is 21.4. The summed E-state index contributed by atoms with van der Waals surface area (Å²) >= 11 is 3.36. The quantitative estimate of drug-likeness (QED) is 0.265. The number of fused-ring (bicyclic) bond motifs is 5. The smallest absolute Gasteiger partial charge is 0.189 e. The van der Waals surface area contributed by atoms with Crippen molar-refractivity contribution in [1.82, 2.24) is 15.0 Å². The molecular weight excluding hydrogens is 420 g/mol. The molecular formula is C25H28N4S2. The van der Waals surface area contributed by atoms with E-state index in [1.165, 1.54) is 34.2 Å². The van der Waals surface area contributed by atoms with E-state index in [9.17, 15) is 0 Å². The number of aromatic nitrogens is 3. The second-order valence-corrected chi connectivity index (χ2v) is 10.4. The van der Waals surface area contributed by atoms with Crippen LogP contribution in [0, 0.1) is 5.92 Å². The maximum atomic E-state index is 5.16. The fourth-order valence-electron chi connectivity index (χ4n) is 4.56. The Morgan fingerprint density at radius 3 is 2.65 bits per heavy atom. The molecule has 0 aliphatic heterocycles. The summed E-state index contributed by atoms with van der Waals surface area (Å²) < 4.78 is 1.14. The highest BCUT2D eigenvalue weighted by atomic mass is 32.2. The van der Waals surface area contributed by atoms with Crippen molar-refractivity contribution in [2.45, 2.75) is 51.1 Å². The molecule has 31 heavy (non-hydrogen) atoms. The van der Waals surface area contributed by atoms with Crippen LogP contribution >= 0.6 is 23.1 Å². The number of hydrogen-bond donors (Lipinski definition) is 1. The van der Waals surface area contributed by atoms with Crippen LogP contribution in [-0.4, -0.2) is 27.8 Å². The molecule has 3 heterocycles. The summed E-state index contributed by atoms with van der Waals surface area (Å²) in [6.45, 7) is 5.41. The minimum absolute atomic E-state index is 0.613. The monoisotopic (exact) mass is 448 g/mol. The predicted molar refractivity (Wildman–Crippen MR) is 134 cm³/mol. The van der Waals surface area contributed by atoms with Gasteiger partial charge in [0.2, 0.25) is 0 Å². The van der Waals surface area contributed by atoms with Crippen molar-refractivity contribution in [3.63, 3.8) is 0 Å². The average molecular weight is 449 g/mol. The number of thioether (sulfide) groups is 1. The number of benzene rings is 1. The van der Waals surface area contributed by atoms with Gasteiger partial charge < -0.3 is 5.32 Å². The Balaban J connectivity index is 1.59. The zero-order valence-corrected chi connectivity index (χ0v) is 20.0. The summed E-state index contributed by atoms with van der Waals surface area (Å²) in [6, 6.07) is 10.6. The van der Waals surface area contributed by atoms with Gasteiger partial charge in [0.1, 0.15) is 10.6 Å². The largest absolute Gasteiger partial charge is 0.368 e. The van der Waals surface area contributed by atoms with Gasteiger partial charge in [-0.1, -0.05) is 55.9 Å². The normalized spacial score (nSPS) is 13.4. The Labute approximate surface area is 191 Å². The second kappa shape index (κ2) is 8.75. The van der Waals surface area contributed by atoms with Gasteiger partial charge in [0.05, 0.1) is 10.2 Å². The van der Waals surface area contributed by atoms with Gasteiger partial charge in [0.15, 0.2) is 5.16 Å². The number of rotatable bonds is 7. The number of pyridine rings is 1. The van der Waals surface area contributed by atoms with Crippen molar-refractivity contribution < 1.29 is 0 Å². The van der Waals surface area contributed by atoms with Crippen LogP contribution in [0.1, 0.15) is 42.7 Å². The van der Waals surface area contributed by atoms with E-state index in [-0.39, 0.29) is 0 Å². The highest BCUT2D eigenvalue weighted by molar-refractivity contribution is 7.98. The van der Waals surface area contributed by atoms with Crippen LogP contribution in [0.25, 0.3) is 20.4 Å². The summed E-state index contributed by atoms with van der Waals surface area (Å²) in [5, 5.41) is 5.71. The van der Waals surface area contributed by atoms with Crippen molar-refractivity contribution in [2.75, 3.05) is 18.1 Å². The SMILES string of the molecule is CSc1nc(NCCc2ccccc2)c2sc3nc(CC(C)C)c4c(c3c2n1)CCC4. The molecule has 4 aromatic rings. The molecule has 0 saturated heterocycles. The molecule has 0 bridgehead atoms. The highest BCUT2D eigenvalue weighted by Gasteiger charge is 2.25. The third-order valence-corrected chi connectivity index (χ3v) is 7.56. The molecule has 0 radical (unpaired) electrons. The first-order chi connectivity index (χ1) is 15.1. The molecule has 0 spiro atoms. The van der Waals surface area contributed by atoms with Crippen molar-refractivity contribution in [1.29, 1.82) is 0 Å². The molecule has 160 valence electrons. The van der Waals surface area contributed by atoms with E-state index in [4.69, 9.17) is 15.0 Å². The highest BCUT2D eigenvalue weighted by Crippen LogP contribution is 2.42. The number of nitrogens with zero attached hydrogens (tertiary/aromatic N) is 3. The molecule has 0 amide bonds. The van der Waals surface area contributed by atoms with E-state index in [0.29, 0.717) is 5.92 Å². The third kappa shape index (κ3) is 4.03. The molecule has 1 aromatic carbocycles. The molecule has 3 aromatic heterocycles. The van der Waals surface area contributed by atoms with E-state index >= 15 is 0 Å². The predicted octanol–water partition coefficient (Wildman–Crippen LogP) is 6.30. The molecule has 0 saturated carbocycles. The Hall–Kier alpha value is -2.18. The maximum absolute atomic E-state index is 5.16. The standard InChI is InChI=1S/C25H28N4S2/c1-15(2)14-19-17-10-7-11-18(17)20-21-22(31-24(20)27-19)23(29-25(28-21)30-3)26-13-12-16-8-5-4-6-9-16/h4-6,8-9,15H,7,10-14H2,1-3H3,(H,26,28,29). The molecule has 1 aliphatic rings. The van der Waals surface area contributed by atoms with E-state index < -0.39 is 0 Å². The molecule has 0 fully saturated rings. The van der Waals surface area contributed by atoms with Crippen molar-refractivity contribution >= 4 is 49.3 Å². The fraction of sp³-hybridized carbons (Fsp3) is 0.400. The van der Waals surface area contributed by atoms with Crippen LogP contribution in [0.3, 0.4) is 0 Å². The molecule has 4 nitrogen and oxygen atoms in total. The van der Waals surface area contributed by atoms with Gasteiger partial charge in [-0.05, 0) is 61.0 Å². The van der Waals surface area contributed by atoms with Crippen LogP contribution in [0.15, 0.2) is 35.5 Å². The summed E-state index contributed by atoms with van der Waals surface area (Å²) in [6.07, 6.45) is 7.59. The van der Waals surface area contributed by atoms with Crippen LogP contribution in [0.2, 0.25) is 0 Å². The minimum Gasteiger partial charge on any atom is -0.368 e. The number of hydrogen-bond acceptors (Lipinski definition) is 6. The first kappa shape index (κ1) is 20.7. The van der Waals surface area contributed by atoms with E-state index in [2.05, 4.69) is 49.5 Å². The lowest BCUT2D eigenvalue weighted by Gasteiger charge is -2.11.